The molecule has 14 heteroatoms. The second-order valence-electron chi connectivity index (χ2n) is 9.04. The van der Waals surface area contributed by atoms with Crippen LogP contribution in [0.4, 0.5) is 5.69 Å². The summed E-state index contributed by atoms with van der Waals surface area (Å²) in [6.07, 6.45) is 0.842. The van der Waals surface area contributed by atoms with Gasteiger partial charge in [-0.2, -0.15) is 0 Å². The number of hydrogen-bond donors (Lipinski definition) is 3. The molecular formula is C25H31N5O7S2. The fourth-order valence-electron chi connectivity index (χ4n) is 3.85. The van der Waals surface area contributed by atoms with Crippen molar-refractivity contribution in [2.24, 2.45) is 0 Å². The lowest BCUT2D eigenvalue weighted by Gasteiger charge is -2.21. The maximum Gasteiger partial charge on any atom is 0.305 e. The van der Waals surface area contributed by atoms with Crippen LogP contribution in [-0.4, -0.2) is 85.2 Å². The first-order chi connectivity index (χ1) is 18.4. The molecule has 0 spiro atoms. The molecule has 0 radical (unpaired) electrons. The van der Waals surface area contributed by atoms with E-state index in [0.717, 1.165) is 16.2 Å². The number of thioether (sulfide) groups is 1. The summed E-state index contributed by atoms with van der Waals surface area (Å²) in [4.78, 5) is 40.7. The van der Waals surface area contributed by atoms with Gasteiger partial charge in [-0.3, -0.25) is 9.59 Å². The zero-order chi connectivity index (χ0) is 28.7. The minimum atomic E-state index is -4.38. The molecule has 0 aliphatic rings. The van der Waals surface area contributed by atoms with Crippen molar-refractivity contribution in [3.63, 3.8) is 0 Å². The summed E-state index contributed by atoms with van der Waals surface area (Å²) in [6.45, 7) is 2.20. The number of ether oxygens (including phenoxy) is 1. The summed E-state index contributed by atoms with van der Waals surface area (Å²) < 4.78 is 36.6. The number of sulfonamides is 1. The lowest BCUT2D eigenvalue weighted by atomic mass is 10.2. The third-order valence-electron chi connectivity index (χ3n) is 5.41. The van der Waals surface area contributed by atoms with Crippen molar-refractivity contribution >= 4 is 56.7 Å². The van der Waals surface area contributed by atoms with Crippen LogP contribution in [0, 0.1) is 0 Å². The van der Waals surface area contributed by atoms with Crippen LogP contribution < -0.4 is 14.8 Å². The largest absolute Gasteiger partial charge is 0.487 e. The number of fused-ring (bicyclic) bond motifs is 1. The molecule has 3 N–H and O–H groups in total. The van der Waals surface area contributed by atoms with Crippen LogP contribution in [0.3, 0.4) is 0 Å². The van der Waals surface area contributed by atoms with Crippen LogP contribution in [0.25, 0.3) is 11.0 Å². The molecule has 1 aromatic heterocycles. The number of carbonyl (C=O) groups excluding carboxylic acids is 2. The Morgan fingerprint density at radius 3 is 2.59 bits per heavy atom. The van der Waals surface area contributed by atoms with E-state index >= 15 is 0 Å². The van der Waals surface area contributed by atoms with E-state index in [4.69, 9.17) is 9.84 Å². The highest BCUT2D eigenvalue weighted by Gasteiger charge is 2.27. The smallest absolute Gasteiger partial charge is 0.305 e. The summed E-state index contributed by atoms with van der Waals surface area (Å²) >= 11 is 1.46. The van der Waals surface area contributed by atoms with Gasteiger partial charge in [0.2, 0.25) is 15.9 Å². The first kappa shape index (κ1) is 30.1. The number of carbonyl (C=O) groups is 3. The van der Waals surface area contributed by atoms with Gasteiger partial charge in [0.15, 0.2) is 5.16 Å². The first-order valence-electron chi connectivity index (χ1n) is 11.9. The van der Waals surface area contributed by atoms with Gasteiger partial charge in [0.1, 0.15) is 23.0 Å². The molecule has 0 aliphatic carbocycles. The van der Waals surface area contributed by atoms with E-state index < -0.39 is 34.6 Å². The summed E-state index contributed by atoms with van der Waals surface area (Å²) in [7, 11) is -0.908. The maximum atomic E-state index is 13.2. The van der Waals surface area contributed by atoms with E-state index in [2.05, 4.69) is 15.0 Å². The highest BCUT2D eigenvalue weighted by Crippen LogP contribution is 2.30. The molecule has 0 saturated carbocycles. The fourth-order valence-corrected chi connectivity index (χ4v) is 5.72. The van der Waals surface area contributed by atoms with Crippen LogP contribution in [0.15, 0.2) is 52.5 Å². The zero-order valence-corrected chi connectivity index (χ0v) is 23.6. The molecule has 1 heterocycles. The molecule has 210 valence electrons. The Labute approximate surface area is 230 Å². The fraction of sp³-hybridized carbons (Fsp3) is 0.360. The third-order valence-corrected chi connectivity index (χ3v) is 7.62. The van der Waals surface area contributed by atoms with Crippen molar-refractivity contribution in [1.82, 2.24) is 19.2 Å². The van der Waals surface area contributed by atoms with E-state index in [0.29, 0.717) is 12.2 Å². The number of carboxylic acids is 1. The Morgan fingerprint density at radius 1 is 1.23 bits per heavy atom. The Balaban J connectivity index is 1.95. The normalized spacial score (nSPS) is 13.3. The van der Waals surface area contributed by atoms with E-state index in [1.54, 1.807) is 25.9 Å². The number of para-hydroxylation sites is 2. The van der Waals surface area contributed by atoms with Gasteiger partial charge in [0.05, 0.1) is 36.6 Å². The maximum absolute atomic E-state index is 13.2. The molecule has 1 amide bonds. The second kappa shape index (κ2) is 13.1. The van der Waals surface area contributed by atoms with E-state index in [1.165, 1.54) is 30.0 Å². The predicted octanol–water partition coefficient (Wildman–Crippen LogP) is 2.05. The topological polar surface area (TPSA) is 160 Å². The highest BCUT2D eigenvalue weighted by molar-refractivity contribution is 7.98. The Morgan fingerprint density at radius 2 is 1.95 bits per heavy atom. The van der Waals surface area contributed by atoms with Crippen LogP contribution in [-0.2, 0) is 31.0 Å². The molecule has 2 atom stereocenters. The van der Waals surface area contributed by atoms with Gasteiger partial charge in [-0.15, -0.1) is 0 Å². The standard InChI is InChI=1S/C25H31N5O7S2/c1-16(13-30-20-8-6-5-7-19(20)27-25(30)38-4)37-21-11-17(26-23(32)14-29(2)3)9-10-22(21)39(35,36)28-18(15-31)12-24(33)34/h5-11,15-16,18,28H,12-14H2,1-4H3,(H,26,32)(H,33,34)/t16-,18+/m1/s1. The number of carboxylic acid groups (broad SMARTS) is 1. The summed E-state index contributed by atoms with van der Waals surface area (Å²) in [6, 6.07) is 10.1. The quantitative estimate of drug-likeness (QED) is 0.191. The summed E-state index contributed by atoms with van der Waals surface area (Å²) in [5.41, 5.74) is 2.00. The lowest BCUT2D eigenvalue weighted by molar-refractivity contribution is -0.138. The third kappa shape index (κ3) is 8.02. The second-order valence-corrected chi connectivity index (χ2v) is 11.5. The number of amides is 1. The van der Waals surface area contributed by atoms with Gasteiger partial charge in [-0.1, -0.05) is 23.9 Å². The van der Waals surface area contributed by atoms with Gasteiger partial charge < -0.3 is 29.4 Å². The van der Waals surface area contributed by atoms with Crippen molar-refractivity contribution in [3.8, 4) is 5.75 Å². The SMILES string of the molecule is CSc1nc2ccccc2n1C[C@@H](C)Oc1cc(NC(=O)CN(C)C)ccc1S(=O)(=O)N[C@H](C=O)CC(=O)O. The number of aldehydes is 1. The van der Waals surface area contributed by atoms with Crippen molar-refractivity contribution in [2.45, 2.75) is 42.1 Å². The Bertz CT molecular complexity index is 1460. The average Bonchev–Trinajstić information content (AvgIpc) is 3.20. The molecule has 0 saturated heterocycles. The molecule has 0 unspecified atom stereocenters. The molecular weight excluding hydrogens is 546 g/mol. The first-order valence-corrected chi connectivity index (χ1v) is 14.6. The number of aliphatic carboxylic acids is 1. The predicted molar refractivity (Wildman–Crippen MR) is 148 cm³/mol. The molecule has 0 fully saturated rings. The summed E-state index contributed by atoms with van der Waals surface area (Å²) in [5, 5.41) is 12.5. The number of benzene rings is 2. The number of anilines is 1. The molecule has 2 aromatic carbocycles. The Hall–Kier alpha value is -3.46. The average molecular weight is 578 g/mol. The van der Waals surface area contributed by atoms with Gasteiger partial charge in [-0.25, -0.2) is 18.1 Å². The molecule has 3 aromatic rings. The number of nitrogens with zero attached hydrogens (tertiary/aromatic N) is 3. The molecule has 3 rings (SSSR count). The van der Waals surface area contributed by atoms with E-state index in [9.17, 15) is 22.8 Å². The molecule has 12 nitrogen and oxygen atoms in total. The monoisotopic (exact) mass is 577 g/mol. The number of rotatable bonds is 14. The van der Waals surface area contributed by atoms with Gasteiger partial charge in [0, 0.05) is 11.8 Å². The van der Waals surface area contributed by atoms with Crippen molar-refractivity contribution in [2.75, 3.05) is 32.2 Å². The number of aromatic nitrogens is 2. The van der Waals surface area contributed by atoms with Gasteiger partial charge in [-0.05, 0) is 51.5 Å². The van der Waals surface area contributed by atoms with Crippen LogP contribution in [0.5, 0.6) is 5.75 Å². The lowest BCUT2D eigenvalue weighted by Crippen LogP contribution is -2.38. The Kier molecular flexibility index (Phi) is 10.1. The van der Waals surface area contributed by atoms with E-state index in [-0.39, 0.29) is 29.4 Å². The highest BCUT2D eigenvalue weighted by atomic mass is 32.2. The summed E-state index contributed by atoms with van der Waals surface area (Å²) in [5.74, 6) is -1.73. The number of nitrogens with one attached hydrogen (secondary N) is 2. The zero-order valence-electron chi connectivity index (χ0n) is 21.9. The van der Waals surface area contributed by atoms with Crippen molar-refractivity contribution in [3.05, 3.63) is 42.5 Å². The van der Waals surface area contributed by atoms with Gasteiger partial charge >= 0.3 is 5.97 Å². The molecule has 39 heavy (non-hydrogen) atoms. The molecule has 0 bridgehead atoms. The minimum absolute atomic E-state index is 0.0762. The van der Waals surface area contributed by atoms with Crippen molar-refractivity contribution < 1.29 is 32.6 Å². The van der Waals surface area contributed by atoms with Crippen LogP contribution in [0.2, 0.25) is 0 Å². The number of likely N-dealkylation sites (N-methyl/N-ethyl adjacent to an activating group) is 1. The van der Waals surface area contributed by atoms with E-state index in [1.807, 2.05) is 35.1 Å². The minimum Gasteiger partial charge on any atom is -0.487 e. The van der Waals surface area contributed by atoms with Gasteiger partial charge in [0.25, 0.3) is 0 Å². The number of imidazole rings is 1. The van der Waals surface area contributed by atoms with Crippen LogP contribution >= 0.6 is 11.8 Å². The van der Waals surface area contributed by atoms with Crippen molar-refractivity contribution in [1.29, 1.82) is 0 Å². The molecule has 0 aliphatic heterocycles. The van der Waals surface area contributed by atoms with Crippen LogP contribution in [0.1, 0.15) is 13.3 Å². The number of hydrogen-bond acceptors (Lipinski definition) is 9.